The number of carbonyl (C=O) groups excluding carboxylic acids is 2. The monoisotopic (exact) mass is 458 g/mol. The highest BCUT2D eigenvalue weighted by Gasteiger charge is 2.33. The highest BCUT2D eigenvalue weighted by molar-refractivity contribution is 5.99. The van der Waals surface area contributed by atoms with E-state index in [-0.39, 0.29) is 30.4 Å². The number of rotatable bonds is 7. The first-order valence-electron chi connectivity index (χ1n) is 11.7. The fourth-order valence-corrected chi connectivity index (χ4v) is 4.79. The van der Waals surface area contributed by atoms with E-state index >= 15 is 0 Å². The molecular weight excluding hydrogens is 428 g/mol. The predicted octanol–water partition coefficient (Wildman–Crippen LogP) is 3.21. The van der Waals surface area contributed by atoms with E-state index in [0.717, 1.165) is 41.3 Å². The molecule has 4 rings (SSSR count). The van der Waals surface area contributed by atoms with Gasteiger partial charge < -0.3 is 20.3 Å². The summed E-state index contributed by atoms with van der Waals surface area (Å²) in [5.41, 5.74) is 3.25. The molecule has 3 aromatic rings. The summed E-state index contributed by atoms with van der Waals surface area (Å²) in [5.74, 6) is -0.759. The number of aryl methyl sites for hydroxylation is 1. The summed E-state index contributed by atoms with van der Waals surface area (Å²) < 4.78 is 1.87. The Kier molecular flexibility index (Phi) is 7.29. The van der Waals surface area contributed by atoms with E-state index in [9.17, 15) is 20.0 Å². The van der Waals surface area contributed by atoms with Gasteiger partial charge in [0.1, 0.15) is 11.7 Å². The Morgan fingerprint density at radius 3 is 2.53 bits per heavy atom. The third-order valence-electron chi connectivity index (χ3n) is 6.72. The van der Waals surface area contributed by atoms with E-state index in [2.05, 4.69) is 16.7 Å². The molecule has 0 radical (unpaired) electrons. The standard InChI is InChI=1S/C27H30N4O3/c1-31-24-9-5-2-6-20(24)15-25(31)27(34)30-23-8-4-3-7-22(23)26(33)29-21(16-28)14-18-10-12-19(17-32)13-11-18/h2,5-6,9-13,15,21-23,32H,3-4,7-8,14,17H2,1H3,(H,29,33)(H,30,34)/t21?,22-,23+/m1/s1. The number of aliphatic hydroxyl groups excluding tert-OH is 1. The van der Waals surface area contributed by atoms with Gasteiger partial charge in [-0.2, -0.15) is 5.26 Å². The van der Waals surface area contributed by atoms with Crippen molar-refractivity contribution >= 4 is 22.7 Å². The number of para-hydroxylation sites is 1. The van der Waals surface area contributed by atoms with Crippen molar-refractivity contribution in [2.24, 2.45) is 13.0 Å². The minimum absolute atomic E-state index is 0.0355. The highest BCUT2D eigenvalue weighted by Crippen LogP contribution is 2.26. The number of nitrogens with one attached hydrogen (secondary N) is 2. The Morgan fingerprint density at radius 1 is 1.12 bits per heavy atom. The first-order valence-corrected chi connectivity index (χ1v) is 11.7. The number of hydrogen-bond acceptors (Lipinski definition) is 4. The van der Waals surface area contributed by atoms with Crippen LogP contribution < -0.4 is 10.6 Å². The number of aliphatic hydroxyl groups is 1. The van der Waals surface area contributed by atoms with Crippen LogP contribution in [0.25, 0.3) is 10.9 Å². The Labute approximate surface area is 199 Å². The molecule has 1 aliphatic carbocycles. The Bertz CT molecular complexity index is 1210. The smallest absolute Gasteiger partial charge is 0.268 e. The van der Waals surface area contributed by atoms with Crippen molar-refractivity contribution in [3.05, 3.63) is 71.4 Å². The zero-order valence-corrected chi connectivity index (χ0v) is 19.3. The molecule has 0 bridgehead atoms. The number of hydrogen-bond donors (Lipinski definition) is 3. The topological polar surface area (TPSA) is 107 Å². The summed E-state index contributed by atoms with van der Waals surface area (Å²) in [6.45, 7) is -0.0355. The van der Waals surface area contributed by atoms with Gasteiger partial charge in [0.2, 0.25) is 5.91 Å². The lowest BCUT2D eigenvalue weighted by atomic mass is 9.83. The zero-order valence-electron chi connectivity index (χ0n) is 19.3. The lowest BCUT2D eigenvalue weighted by molar-refractivity contribution is -0.127. The number of aromatic nitrogens is 1. The van der Waals surface area contributed by atoms with Crippen LogP contribution in [-0.2, 0) is 24.9 Å². The Hall–Kier alpha value is -3.63. The van der Waals surface area contributed by atoms with Gasteiger partial charge in [-0.1, -0.05) is 55.3 Å². The van der Waals surface area contributed by atoms with Crippen LogP contribution in [-0.4, -0.2) is 33.6 Å². The van der Waals surface area contributed by atoms with Crippen LogP contribution in [0.15, 0.2) is 54.6 Å². The molecule has 1 unspecified atom stereocenters. The van der Waals surface area contributed by atoms with Gasteiger partial charge in [0.25, 0.3) is 5.91 Å². The molecule has 7 heteroatoms. The molecule has 2 amide bonds. The van der Waals surface area contributed by atoms with Crippen molar-refractivity contribution in [1.29, 1.82) is 5.26 Å². The SMILES string of the molecule is Cn1c(C(=O)N[C@H]2CCCC[C@H]2C(=O)NC(C#N)Cc2ccc(CO)cc2)cc2ccccc21. The number of fused-ring (bicyclic) bond motifs is 1. The minimum atomic E-state index is -0.663. The Morgan fingerprint density at radius 2 is 1.82 bits per heavy atom. The predicted molar refractivity (Wildman–Crippen MR) is 130 cm³/mol. The number of amides is 2. The molecule has 7 nitrogen and oxygen atoms in total. The van der Waals surface area contributed by atoms with Crippen molar-refractivity contribution in [3.63, 3.8) is 0 Å². The molecule has 0 aliphatic heterocycles. The van der Waals surface area contributed by atoms with Gasteiger partial charge in [-0.05, 0) is 36.1 Å². The molecule has 1 heterocycles. The maximum Gasteiger partial charge on any atom is 0.268 e. The molecule has 3 atom stereocenters. The van der Waals surface area contributed by atoms with E-state index in [4.69, 9.17) is 0 Å². The molecule has 0 saturated heterocycles. The summed E-state index contributed by atoms with van der Waals surface area (Å²) in [6, 6.07) is 18.3. The second-order valence-corrected chi connectivity index (χ2v) is 8.99. The summed E-state index contributed by atoms with van der Waals surface area (Å²) in [7, 11) is 1.87. The second-order valence-electron chi connectivity index (χ2n) is 8.99. The van der Waals surface area contributed by atoms with Gasteiger partial charge >= 0.3 is 0 Å². The van der Waals surface area contributed by atoms with E-state index in [0.29, 0.717) is 18.5 Å². The van der Waals surface area contributed by atoms with Gasteiger partial charge in [0.05, 0.1) is 18.6 Å². The van der Waals surface area contributed by atoms with E-state index in [1.807, 2.05) is 66.2 Å². The van der Waals surface area contributed by atoms with Crippen LogP contribution in [0.2, 0.25) is 0 Å². The average Bonchev–Trinajstić information content (AvgIpc) is 3.21. The van der Waals surface area contributed by atoms with Crippen LogP contribution in [0.3, 0.4) is 0 Å². The normalized spacial score (nSPS) is 18.7. The van der Waals surface area contributed by atoms with Crippen LogP contribution in [0.1, 0.15) is 47.3 Å². The fourth-order valence-electron chi connectivity index (χ4n) is 4.79. The molecule has 2 aromatic carbocycles. The third kappa shape index (κ3) is 5.13. The van der Waals surface area contributed by atoms with Gasteiger partial charge in [0, 0.05) is 30.4 Å². The van der Waals surface area contributed by atoms with Gasteiger partial charge in [0.15, 0.2) is 0 Å². The third-order valence-corrected chi connectivity index (χ3v) is 6.72. The van der Waals surface area contributed by atoms with Crippen LogP contribution >= 0.6 is 0 Å². The molecule has 34 heavy (non-hydrogen) atoms. The number of benzene rings is 2. The van der Waals surface area contributed by atoms with E-state index in [1.54, 1.807) is 0 Å². The average molecular weight is 459 g/mol. The van der Waals surface area contributed by atoms with Crippen molar-refractivity contribution < 1.29 is 14.7 Å². The van der Waals surface area contributed by atoms with Gasteiger partial charge in [-0.25, -0.2) is 0 Å². The molecule has 176 valence electrons. The highest BCUT2D eigenvalue weighted by atomic mass is 16.3. The summed E-state index contributed by atoms with van der Waals surface area (Å²) in [5, 5.41) is 25.8. The molecule has 0 spiro atoms. The molecule has 1 aromatic heterocycles. The van der Waals surface area contributed by atoms with Crippen molar-refractivity contribution in [2.45, 2.75) is 50.8 Å². The van der Waals surface area contributed by atoms with Crippen molar-refractivity contribution in [2.75, 3.05) is 0 Å². The summed E-state index contributed by atoms with van der Waals surface area (Å²) in [6.07, 6.45) is 3.65. The summed E-state index contributed by atoms with van der Waals surface area (Å²) in [4.78, 5) is 26.3. The Balaban J connectivity index is 1.43. The summed E-state index contributed by atoms with van der Waals surface area (Å²) >= 11 is 0. The largest absolute Gasteiger partial charge is 0.392 e. The fraction of sp³-hybridized carbons (Fsp3) is 0.370. The van der Waals surface area contributed by atoms with E-state index < -0.39 is 6.04 Å². The maximum absolute atomic E-state index is 13.1. The number of nitrogens with zero attached hydrogens (tertiary/aromatic N) is 2. The van der Waals surface area contributed by atoms with Gasteiger partial charge in [-0.15, -0.1) is 0 Å². The molecule has 1 aliphatic rings. The van der Waals surface area contributed by atoms with Gasteiger partial charge in [-0.3, -0.25) is 9.59 Å². The molecule has 3 N–H and O–H groups in total. The zero-order chi connectivity index (χ0) is 24.1. The first-order chi connectivity index (χ1) is 16.5. The number of carbonyl (C=O) groups is 2. The maximum atomic E-state index is 13.1. The van der Waals surface area contributed by atoms with Crippen molar-refractivity contribution in [1.82, 2.24) is 15.2 Å². The van der Waals surface area contributed by atoms with E-state index in [1.165, 1.54) is 0 Å². The minimum Gasteiger partial charge on any atom is -0.392 e. The van der Waals surface area contributed by atoms with Crippen LogP contribution in [0.5, 0.6) is 0 Å². The lowest BCUT2D eigenvalue weighted by Crippen LogP contribution is -2.50. The molecule has 1 saturated carbocycles. The lowest BCUT2D eigenvalue weighted by Gasteiger charge is -2.32. The quantitative estimate of drug-likeness (QED) is 0.505. The first kappa shape index (κ1) is 23.5. The van der Waals surface area contributed by atoms with Crippen LogP contribution in [0, 0.1) is 17.2 Å². The number of nitriles is 1. The van der Waals surface area contributed by atoms with Crippen LogP contribution in [0.4, 0.5) is 0 Å². The van der Waals surface area contributed by atoms with Crippen molar-refractivity contribution in [3.8, 4) is 6.07 Å². The molecular formula is C27H30N4O3. The second kappa shape index (κ2) is 10.5. The molecule has 1 fully saturated rings.